The van der Waals surface area contributed by atoms with E-state index < -0.39 is 10.0 Å². The second-order valence-corrected chi connectivity index (χ2v) is 4.54. The van der Waals surface area contributed by atoms with Crippen LogP contribution >= 0.6 is 0 Å². The summed E-state index contributed by atoms with van der Waals surface area (Å²) in [6.07, 6.45) is 1.12. The van der Waals surface area contributed by atoms with Crippen LogP contribution in [0.5, 0.6) is 0 Å². The predicted molar refractivity (Wildman–Crippen MR) is 51.2 cm³/mol. The topological polar surface area (TPSA) is 155 Å². The smallest absolute Gasteiger partial charge is 0.246 e. The fourth-order valence-electron chi connectivity index (χ4n) is 0.994. The Morgan fingerprint density at radius 3 is 2.88 bits per heavy atom. The van der Waals surface area contributed by atoms with E-state index in [-0.39, 0.29) is 23.1 Å². The maximum Gasteiger partial charge on any atom is 0.246 e. The molecular formula is C5H8N8O2S. The zero-order chi connectivity index (χ0) is 11.6. The normalized spacial score (nSPS) is 11.8. The van der Waals surface area contributed by atoms with Crippen LogP contribution in [0.3, 0.4) is 0 Å². The molecule has 0 bridgehead atoms. The van der Waals surface area contributed by atoms with E-state index in [4.69, 9.17) is 5.73 Å². The summed E-state index contributed by atoms with van der Waals surface area (Å²) in [6, 6.07) is 0. The number of nitrogen functional groups attached to an aromatic ring is 1. The van der Waals surface area contributed by atoms with Crippen molar-refractivity contribution in [3.8, 4) is 0 Å². The SMILES string of the molecule is Nc1[nH]ncc1S(=O)(=O)NCc1nn[nH]n1. The highest BCUT2D eigenvalue weighted by Crippen LogP contribution is 2.13. The summed E-state index contributed by atoms with van der Waals surface area (Å²) in [5.74, 6) is 0.200. The Hall–Kier alpha value is -2.01. The minimum atomic E-state index is -3.71. The number of hydrogen-bond acceptors (Lipinski definition) is 7. The van der Waals surface area contributed by atoms with Gasteiger partial charge >= 0.3 is 0 Å². The molecule has 11 heteroatoms. The number of tetrazole rings is 1. The van der Waals surface area contributed by atoms with Crippen LogP contribution in [-0.4, -0.2) is 39.2 Å². The fourth-order valence-corrected chi connectivity index (χ4v) is 2.00. The van der Waals surface area contributed by atoms with Crippen LogP contribution in [0.15, 0.2) is 11.1 Å². The van der Waals surface area contributed by atoms with E-state index >= 15 is 0 Å². The Kier molecular flexibility index (Phi) is 2.54. The molecule has 0 amide bonds. The molecule has 0 aliphatic carbocycles. The number of sulfonamides is 1. The number of aromatic amines is 2. The van der Waals surface area contributed by atoms with Crippen LogP contribution < -0.4 is 10.5 Å². The van der Waals surface area contributed by atoms with Crippen molar-refractivity contribution in [3.63, 3.8) is 0 Å². The van der Waals surface area contributed by atoms with Gasteiger partial charge in [0.15, 0.2) is 5.82 Å². The Labute approximate surface area is 89.7 Å². The average molecular weight is 244 g/mol. The molecule has 0 atom stereocenters. The van der Waals surface area contributed by atoms with E-state index in [1.165, 1.54) is 0 Å². The van der Waals surface area contributed by atoms with Crippen LogP contribution in [0.2, 0.25) is 0 Å². The third-order valence-electron chi connectivity index (χ3n) is 1.73. The molecule has 0 fully saturated rings. The summed E-state index contributed by atoms with van der Waals surface area (Å²) in [7, 11) is -3.71. The highest BCUT2D eigenvalue weighted by Gasteiger charge is 2.19. The van der Waals surface area contributed by atoms with E-state index in [1.807, 2.05) is 0 Å². The van der Waals surface area contributed by atoms with Crippen LogP contribution in [0.1, 0.15) is 5.82 Å². The van der Waals surface area contributed by atoms with Crippen LogP contribution in [0.25, 0.3) is 0 Å². The van der Waals surface area contributed by atoms with Gasteiger partial charge < -0.3 is 5.73 Å². The van der Waals surface area contributed by atoms with Crippen molar-refractivity contribution in [2.24, 2.45) is 0 Å². The molecule has 0 saturated heterocycles. The lowest BCUT2D eigenvalue weighted by atomic mass is 10.6. The van der Waals surface area contributed by atoms with Crippen molar-refractivity contribution in [2.75, 3.05) is 5.73 Å². The van der Waals surface area contributed by atoms with Gasteiger partial charge in [-0.05, 0) is 0 Å². The molecule has 2 aromatic heterocycles. The Morgan fingerprint density at radius 2 is 2.31 bits per heavy atom. The van der Waals surface area contributed by atoms with Gasteiger partial charge in [-0.3, -0.25) is 5.10 Å². The standard InChI is InChI=1S/C5H8N8O2S/c6-5-3(1-7-11-5)16(14,15)8-2-4-9-12-13-10-4/h1,8H,2H2,(H3,6,7,11)(H,9,10,12,13). The number of nitrogens with one attached hydrogen (secondary N) is 3. The second kappa shape index (κ2) is 3.86. The highest BCUT2D eigenvalue weighted by molar-refractivity contribution is 7.89. The van der Waals surface area contributed by atoms with Gasteiger partial charge in [0.05, 0.1) is 12.7 Å². The minimum absolute atomic E-state index is 0.0272. The van der Waals surface area contributed by atoms with Crippen LogP contribution in [0.4, 0.5) is 5.82 Å². The first-order valence-corrected chi connectivity index (χ1v) is 5.59. The van der Waals surface area contributed by atoms with Crippen molar-refractivity contribution in [1.29, 1.82) is 0 Å². The summed E-state index contributed by atoms with van der Waals surface area (Å²) in [5.41, 5.74) is 5.39. The fraction of sp³-hybridized carbons (Fsp3) is 0.200. The third kappa shape index (κ3) is 1.99. The predicted octanol–water partition coefficient (Wildman–Crippen LogP) is -2.02. The number of H-pyrrole nitrogens is 2. The van der Waals surface area contributed by atoms with Crippen molar-refractivity contribution in [1.82, 2.24) is 35.5 Å². The molecule has 86 valence electrons. The van der Waals surface area contributed by atoms with E-state index in [1.54, 1.807) is 0 Å². The van der Waals surface area contributed by atoms with Gasteiger partial charge in [-0.1, -0.05) is 5.21 Å². The van der Waals surface area contributed by atoms with Gasteiger partial charge in [-0.25, -0.2) is 13.1 Å². The first kappa shape index (κ1) is 10.5. The van der Waals surface area contributed by atoms with E-state index in [9.17, 15) is 8.42 Å². The Bertz CT molecular complexity index is 557. The lowest BCUT2D eigenvalue weighted by Crippen LogP contribution is -2.24. The van der Waals surface area contributed by atoms with Crippen LogP contribution in [0, 0.1) is 0 Å². The molecule has 0 radical (unpaired) electrons. The van der Waals surface area contributed by atoms with Crippen molar-refractivity contribution in [3.05, 3.63) is 12.0 Å². The molecule has 0 aromatic carbocycles. The van der Waals surface area contributed by atoms with Gasteiger partial charge in [0.2, 0.25) is 10.0 Å². The van der Waals surface area contributed by atoms with Gasteiger partial charge in [-0.15, -0.1) is 10.2 Å². The first-order valence-electron chi connectivity index (χ1n) is 4.10. The van der Waals surface area contributed by atoms with E-state index in [0.717, 1.165) is 6.20 Å². The lowest BCUT2D eigenvalue weighted by Gasteiger charge is -2.02. The minimum Gasteiger partial charge on any atom is -0.383 e. The molecule has 2 heterocycles. The maximum atomic E-state index is 11.7. The number of anilines is 1. The van der Waals surface area contributed by atoms with Crippen molar-refractivity contribution < 1.29 is 8.42 Å². The number of aromatic nitrogens is 6. The second-order valence-electron chi connectivity index (χ2n) is 2.80. The molecule has 0 spiro atoms. The molecule has 0 aliphatic rings. The molecule has 5 N–H and O–H groups in total. The molecule has 0 unspecified atom stereocenters. The zero-order valence-corrected chi connectivity index (χ0v) is 8.69. The summed E-state index contributed by atoms with van der Waals surface area (Å²) in [6.45, 7) is -0.0799. The summed E-state index contributed by atoms with van der Waals surface area (Å²) >= 11 is 0. The molecule has 2 aromatic rings. The summed E-state index contributed by atoms with van der Waals surface area (Å²) in [4.78, 5) is -0.115. The van der Waals surface area contributed by atoms with Gasteiger partial charge in [-0.2, -0.15) is 10.3 Å². The highest BCUT2D eigenvalue weighted by atomic mass is 32.2. The molecule has 2 rings (SSSR count). The first-order chi connectivity index (χ1) is 7.59. The molecule has 10 nitrogen and oxygen atoms in total. The van der Waals surface area contributed by atoms with Crippen LogP contribution in [-0.2, 0) is 16.6 Å². The van der Waals surface area contributed by atoms with E-state index in [2.05, 4.69) is 35.5 Å². The molecule has 0 aliphatic heterocycles. The third-order valence-corrected chi connectivity index (χ3v) is 3.16. The van der Waals surface area contributed by atoms with Gasteiger partial charge in [0, 0.05) is 0 Å². The van der Waals surface area contributed by atoms with Crippen molar-refractivity contribution >= 4 is 15.8 Å². The van der Waals surface area contributed by atoms with Crippen molar-refractivity contribution in [2.45, 2.75) is 11.4 Å². The quantitative estimate of drug-likeness (QED) is 0.483. The van der Waals surface area contributed by atoms with E-state index in [0.29, 0.717) is 0 Å². The number of nitrogens with zero attached hydrogens (tertiary/aromatic N) is 4. The average Bonchev–Trinajstić information content (AvgIpc) is 2.85. The molecule has 16 heavy (non-hydrogen) atoms. The number of rotatable bonds is 4. The lowest BCUT2D eigenvalue weighted by molar-refractivity contribution is 0.580. The zero-order valence-electron chi connectivity index (χ0n) is 7.88. The monoisotopic (exact) mass is 244 g/mol. The largest absolute Gasteiger partial charge is 0.383 e. The summed E-state index contributed by atoms with van der Waals surface area (Å²) < 4.78 is 25.6. The van der Waals surface area contributed by atoms with Gasteiger partial charge in [0.25, 0.3) is 0 Å². The molecular weight excluding hydrogens is 236 g/mol. The maximum absolute atomic E-state index is 11.7. The molecule has 0 saturated carbocycles. The Balaban J connectivity index is 2.13. The van der Waals surface area contributed by atoms with Gasteiger partial charge in [0.1, 0.15) is 10.7 Å². The summed E-state index contributed by atoms with van der Waals surface area (Å²) in [5, 5.41) is 18.5. The number of nitrogens with two attached hydrogens (primary N) is 1. The number of hydrogen-bond donors (Lipinski definition) is 4. The Morgan fingerprint density at radius 1 is 1.50 bits per heavy atom.